The molecule has 100 valence electrons. The Balaban J connectivity index is 2.19. The first-order valence-corrected chi connectivity index (χ1v) is 6.38. The van der Waals surface area contributed by atoms with Gasteiger partial charge in [0.15, 0.2) is 4.77 Å². The first-order valence-electron chi connectivity index (χ1n) is 5.97. The number of aromatic amines is 2. The third-order valence-corrected chi connectivity index (χ3v) is 3.20. The number of nitrogens with zero attached hydrogens (tertiary/aromatic N) is 1. The highest BCUT2D eigenvalue weighted by Crippen LogP contribution is 2.17. The molecule has 0 spiro atoms. The van der Waals surface area contributed by atoms with Crippen molar-refractivity contribution in [1.82, 2.24) is 9.97 Å². The van der Waals surface area contributed by atoms with Crippen molar-refractivity contribution < 1.29 is 9.90 Å². The molecule has 0 saturated carbocycles. The maximum absolute atomic E-state index is 12.0. The number of carbonyl (C=O) groups is 1. The molecule has 0 aliphatic carbocycles. The second-order valence-corrected chi connectivity index (χ2v) is 4.97. The van der Waals surface area contributed by atoms with Gasteiger partial charge in [0.1, 0.15) is 5.69 Å². The number of hydrogen-bond acceptors (Lipinski definition) is 3. The highest BCUT2D eigenvalue weighted by Gasteiger charge is 2.12. The molecule has 6 heteroatoms. The molecule has 0 saturated heterocycles. The maximum atomic E-state index is 12.0. The van der Waals surface area contributed by atoms with Crippen LogP contribution in [0.25, 0.3) is 12.2 Å². The van der Waals surface area contributed by atoms with Gasteiger partial charge >= 0.3 is 0 Å². The number of nitrogens with one attached hydrogen (secondary N) is 2. The molecule has 0 fully saturated rings. The van der Waals surface area contributed by atoms with E-state index in [1.165, 1.54) is 6.08 Å². The van der Waals surface area contributed by atoms with Crippen molar-refractivity contribution in [3.63, 3.8) is 0 Å². The van der Waals surface area contributed by atoms with Crippen LogP contribution < -0.4 is 10.6 Å². The Kier molecular flexibility index (Phi) is 2.87. The number of aromatic hydroxyl groups is 1. The topological polar surface area (TPSA) is 81.2 Å². The summed E-state index contributed by atoms with van der Waals surface area (Å²) in [5, 5.41) is 11.2. The molecule has 3 N–H and O–H groups in total. The maximum Gasteiger partial charge on any atom is 0.277 e. The lowest BCUT2D eigenvalue weighted by Gasteiger charge is -2.03. The molecule has 1 aromatic heterocycles. The number of carbonyl (C=O) groups excluding carboxylic acids is 1. The van der Waals surface area contributed by atoms with Gasteiger partial charge in [-0.15, -0.1) is 0 Å². The molecule has 0 atom stereocenters. The lowest BCUT2D eigenvalue weighted by atomic mass is 10.1. The summed E-state index contributed by atoms with van der Waals surface area (Å²) in [6.07, 6.45) is 3.28. The summed E-state index contributed by atoms with van der Waals surface area (Å²) >= 11 is 4.88. The molecule has 2 heterocycles. The third-order valence-electron chi connectivity index (χ3n) is 3.00. The molecule has 1 amide bonds. The Morgan fingerprint density at radius 1 is 1.35 bits per heavy atom. The molecular formula is C14H11N3O2S. The van der Waals surface area contributed by atoms with Crippen LogP contribution >= 0.6 is 12.2 Å². The fourth-order valence-corrected chi connectivity index (χ4v) is 2.25. The minimum atomic E-state index is -0.346. The molecule has 0 radical (unpaired) electrons. The predicted octanol–water partition coefficient (Wildman–Crippen LogP) is 1.11. The van der Waals surface area contributed by atoms with Gasteiger partial charge in [0.2, 0.25) is 5.88 Å². The van der Waals surface area contributed by atoms with Crippen LogP contribution in [0, 0.1) is 11.7 Å². The first-order chi connectivity index (χ1) is 9.52. The van der Waals surface area contributed by atoms with E-state index in [0.717, 1.165) is 10.8 Å². The predicted molar refractivity (Wildman–Crippen MR) is 77.1 cm³/mol. The summed E-state index contributed by atoms with van der Waals surface area (Å²) in [7, 11) is 0. The average Bonchev–Trinajstić information content (AvgIpc) is 2.69. The zero-order chi connectivity index (χ0) is 14.3. The van der Waals surface area contributed by atoms with Crippen molar-refractivity contribution >= 4 is 30.3 Å². The van der Waals surface area contributed by atoms with Crippen molar-refractivity contribution in [3.05, 3.63) is 50.4 Å². The number of aryl methyl sites for hydroxylation is 1. The van der Waals surface area contributed by atoms with Crippen LogP contribution in [-0.2, 0) is 4.79 Å². The van der Waals surface area contributed by atoms with E-state index in [1.807, 2.05) is 25.1 Å². The lowest BCUT2D eigenvalue weighted by molar-refractivity contribution is -0.114. The van der Waals surface area contributed by atoms with E-state index >= 15 is 0 Å². The van der Waals surface area contributed by atoms with E-state index in [4.69, 9.17) is 12.2 Å². The standard InChI is InChI=1S/C14H11N3O2S/c1-7-2-3-10-8(4-7)5-9(12(18)15-10)6-11-13(19)17-14(20)16-11/h2-6,19H,1H3,(H2,16,17,20). The summed E-state index contributed by atoms with van der Waals surface area (Å²) in [4.78, 5) is 21.3. The Hall–Kier alpha value is -2.47. The van der Waals surface area contributed by atoms with Crippen LogP contribution in [0.2, 0.25) is 0 Å². The molecule has 0 bridgehead atoms. The molecule has 5 nitrogen and oxygen atoms in total. The number of benzene rings is 1. The van der Waals surface area contributed by atoms with E-state index in [2.05, 4.69) is 15.0 Å². The van der Waals surface area contributed by atoms with Crippen molar-refractivity contribution in [2.24, 2.45) is 4.99 Å². The van der Waals surface area contributed by atoms with E-state index in [0.29, 0.717) is 21.4 Å². The second-order valence-electron chi connectivity index (χ2n) is 4.56. The van der Waals surface area contributed by atoms with Gasteiger partial charge in [0.05, 0.1) is 5.36 Å². The van der Waals surface area contributed by atoms with Crippen molar-refractivity contribution in [2.45, 2.75) is 6.92 Å². The molecule has 1 aliphatic heterocycles. The second kappa shape index (κ2) is 4.57. The van der Waals surface area contributed by atoms with Crippen LogP contribution in [0.5, 0.6) is 5.88 Å². The number of aromatic nitrogens is 2. The van der Waals surface area contributed by atoms with Gasteiger partial charge in [0.25, 0.3) is 5.91 Å². The van der Waals surface area contributed by atoms with Gasteiger partial charge in [-0.25, -0.2) is 4.99 Å². The Labute approximate surface area is 119 Å². The number of amides is 1. The normalized spacial score (nSPS) is 15.7. The number of rotatable bonds is 1. The first kappa shape index (κ1) is 12.6. The quantitative estimate of drug-likeness (QED) is 0.542. The monoisotopic (exact) mass is 285 g/mol. The molecule has 0 unspecified atom stereocenters. The van der Waals surface area contributed by atoms with Crippen molar-refractivity contribution in [2.75, 3.05) is 0 Å². The molecule has 3 rings (SSSR count). The zero-order valence-electron chi connectivity index (χ0n) is 10.6. The zero-order valence-corrected chi connectivity index (χ0v) is 11.4. The van der Waals surface area contributed by atoms with Gasteiger partial charge in [-0.3, -0.25) is 4.79 Å². The number of imidazole rings is 1. The highest BCUT2D eigenvalue weighted by molar-refractivity contribution is 7.71. The lowest BCUT2D eigenvalue weighted by Crippen LogP contribution is -2.30. The van der Waals surface area contributed by atoms with Crippen LogP contribution in [0.3, 0.4) is 0 Å². The van der Waals surface area contributed by atoms with Gasteiger partial charge in [0, 0.05) is 10.8 Å². The molecule has 1 aliphatic rings. The minimum Gasteiger partial charge on any atom is -0.493 e. The number of fused-ring (bicyclic) bond motifs is 1. The van der Waals surface area contributed by atoms with E-state index in [1.54, 1.807) is 6.08 Å². The third kappa shape index (κ3) is 2.21. The summed E-state index contributed by atoms with van der Waals surface area (Å²) < 4.78 is 0.297. The molecule has 1 aromatic carbocycles. The fourth-order valence-electron chi connectivity index (χ4n) is 2.05. The van der Waals surface area contributed by atoms with Gasteiger partial charge in [-0.2, -0.15) is 0 Å². The molecule has 20 heavy (non-hydrogen) atoms. The Morgan fingerprint density at radius 2 is 2.15 bits per heavy atom. The Bertz CT molecular complexity index is 919. The van der Waals surface area contributed by atoms with Crippen LogP contribution in [0.4, 0.5) is 0 Å². The van der Waals surface area contributed by atoms with E-state index < -0.39 is 0 Å². The number of H-pyrrole nitrogens is 2. The molecular weight excluding hydrogens is 274 g/mol. The smallest absolute Gasteiger partial charge is 0.277 e. The van der Waals surface area contributed by atoms with Gasteiger partial charge in [-0.05, 0) is 43.4 Å². The summed E-state index contributed by atoms with van der Waals surface area (Å²) in [5.41, 5.74) is 1.84. The van der Waals surface area contributed by atoms with Gasteiger partial charge in [-0.1, -0.05) is 11.6 Å². The minimum absolute atomic E-state index is 0.0984. The van der Waals surface area contributed by atoms with Crippen LogP contribution in [-0.4, -0.2) is 21.0 Å². The van der Waals surface area contributed by atoms with Crippen molar-refractivity contribution in [3.8, 4) is 5.88 Å². The summed E-state index contributed by atoms with van der Waals surface area (Å²) in [6.45, 7) is 1.98. The summed E-state index contributed by atoms with van der Waals surface area (Å²) in [5.74, 6) is -0.444. The van der Waals surface area contributed by atoms with Crippen LogP contribution in [0.1, 0.15) is 11.3 Å². The fraction of sp³-hybridized carbons (Fsp3) is 0.0714. The van der Waals surface area contributed by atoms with E-state index in [-0.39, 0.29) is 11.8 Å². The van der Waals surface area contributed by atoms with Crippen molar-refractivity contribution in [1.29, 1.82) is 0 Å². The summed E-state index contributed by atoms with van der Waals surface area (Å²) in [6, 6.07) is 5.68. The highest BCUT2D eigenvalue weighted by atomic mass is 32.1. The Morgan fingerprint density at radius 3 is 2.85 bits per heavy atom. The SMILES string of the molecule is Cc1ccc2c(c1)=CC(=Cc1[nH]c(=S)[nH]c1O)C(=O)N=2. The average molecular weight is 285 g/mol. The molecule has 2 aromatic rings. The largest absolute Gasteiger partial charge is 0.493 e. The van der Waals surface area contributed by atoms with Crippen LogP contribution in [0.15, 0.2) is 28.8 Å². The van der Waals surface area contributed by atoms with Gasteiger partial charge < -0.3 is 15.1 Å². The van der Waals surface area contributed by atoms with E-state index in [9.17, 15) is 9.90 Å². The number of hydrogen-bond donors (Lipinski definition) is 3.